The molecule has 0 saturated heterocycles. The molecule has 0 bridgehead atoms. The van der Waals surface area contributed by atoms with Gasteiger partial charge >= 0.3 is 0 Å². The topological polar surface area (TPSA) is 66.2 Å². The Bertz CT molecular complexity index is 125. The van der Waals surface area contributed by atoms with Crippen molar-refractivity contribution in [3.8, 4) is 0 Å². The molecule has 0 aliphatic heterocycles. The van der Waals surface area contributed by atoms with E-state index in [9.17, 15) is 0 Å². The van der Waals surface area contributed by atoms with Crippen molar-refractivity contribution < 1.29 is 9.47 Å². The maximum atomic E-state index is 6.49. The summed E-state index contributed by atoms with van der Waals surface area (Å²) in [4.78, 5) is 0. The summed E-state index contributed by atoms with van der Waals surface area (Å²) < 4.78 is 9.35. The fraction of sp³-hybridized carbons (Fsp3) is 0.833. The van der Waals surface area contributed by atoms with Crippen molar-refractivity contribution in [1.29, 1.82) is 10.8 Å². The van der Waals surface area contributed by atoms with E-state index in [4.69, 9.17) is 10.8 Å². The van der Waals surface area contributed by atoms with Crippen LogP contribution in [-0.4, -0.2) is 26.0 Å². The molecular weight excluding hydrogens is 204 g/mol. The lowest BCUT2D eigenvalue weighted by atomic mass is 10.3. The van der Waals surface area contributed by atoms with Gasteiger partial charge in [-0.25, -0.2) is 0 Å². The molecule has 0 heterocycles. The van der Waals surface area contributed by atoms with Crippen LogP contribution in [-0.2, 0) is 9.47 Å². The lowest BCUT2D eigenvalue weighted by Gasteiger charge is -1.95. The normalized spacial score (nSPS) is 8.62. The Labute approximate surface area is 99.4 Å². The molecule has 2 N–H and O–H groups in total. The number of hydrogen-bond donors (Lipinski definition) is 2. The molecular formula is C12H26N2O2. The minimum atomic E-state index is 0.706. The van der Waals surface area contributed by atoms with E-state index in [1.54, 1.807) is 0 Å². The summed E-state index contributed by atoms with van der Waals surface area (Å²) in [7, 11) is 0. The van der Waals surface area contributed by atoms with Crippen molar-refractivity contribution in [2.45, 2.75) is 52.4 Å². The van der Waals surface area contributed by atoms with Crippen molar-refractivity contribution in [3.05, 3.63) is 0 Å². The number of nitrogens with one attached hydrogen (secondary N) is 2. The lowest BCUT2D eigenvalue weighted by Crippen LogP contribution is -1.89. The average Bonchev–Trinajstić information content (AvgIpc) is 2.31. The quantitative estimate of drug-likeness (QED) is 0.342. The van der Waals surface area contributed by atoms with Crippen LogP contribution >= 0.6 is 0 Å². The Morgan fingerprint density at radius 1 is 0.750 bits per heavy atom. The molecule has 0 amide bonds. The molecule has 4 heteroatoms. The van der Waals surface area contributed by atoms with Crippen LogP contribution in [0.1, 0.15) is 52.4 Å². The van der Waals surface area contributed by atoms with Crippen LogP contribution in [0.2, 0.25) is 0 Å². The summed E-state index contributed by atoms with van der Waals surface area (Å²) in [5.41, 5.74) is 0. The maximum Gasteiger partial charge on any atom is 0.166 e. The van der Waals surface area contributed by atoms with Gasteiger partial charge in [0, 0.05) is 0 Å². The first-order chi connectivity index (χ1) is 7.83. The van der Waals surface area contributed by atoms with Gasteiger partial charge in [0.15, 0.2) is 12.8 Å². The van der Waals surface area contributed by atoms with Gasteiger partial charge in [0.05, 0.1) is 13.2 Å². The number of unbranched alkanes of at least 4 members (excludes halogenated alkanes) is 4. The number of hydrogen-bond acceptors (Lipinski definition) is 4. The van der Waals surface area contributed by atoms with Gasteiger partial charge in [-0.3, -0.25) is 10.8 Å². The molecule has 0 aromatic carbocycles. The zero-order valence-electron chi connectivity index (χ0n) is 10.6. The Kier molecular flexibility index (Phi) is 21.1. The van der Waals surface area contributed by atoms with Crippen LogP contribution in [0.5, 0.6) is 0 Å². The van der Waals surface area contributed by atoms with Gasteiger partial charge in [-0.1, -0.05) is 39.5 Å². The molecule has 16 heavy (non-hydrogen) atoms. The molecule has 0 atom stereocenters. The minimum absolute atomic E-state index is 0.706. The van der Waals surface area contributed by atoms with Gasteiger partial charge in [-0.15, -0.1) is 0 Å². The highest BCUT2D eigenvalue weighted by molar-refractivity contribution is 5.41. The summed E-state index contributed by atoms with van der Waals surface area (Å²) in [6, 6.07) is 0. The number of ether oxygens (including phenoxy) is 2. The molecule has 0 radical (unpaired) electrons. The van der Waals surface area contributed by atoms with E-state index in [2.05, 4.69) is 23.3 Å². The zero-order valence-corrected chi connectivity index (χ0v) is 10.6. The lowest BCUT2D eigenvalue weighted by molar-refractivity contribution is 0.305. The summed E-state index contributed by atoms with van der Waals surface area (Å²) in [6.07, 6.45) is 8.97. The molecule has 0 unspecified atom stereocenters. The Balaban J connectivity index is 0. The van der Waals surface area contributed by atoms with Crippen LogP contribution < -0.4 is 0 Å². The van der Waals surface area contributed by atoms with Crippen molar-refractivity contribution in [1.82, 2.24) is 0 Å². The minimum Gasteiger partial charge on any atom is -0.484 e. The van der Waals surface area contributed by atoms with Crippen molar-refractivity contribution in [2.75, 3.05) is 13.2 Å². The van der Waals surface area contributed by atoms with E-state index in [0.717, 1.165) is 25.6 Å². The van der Waals surface area contributed by atoms with Crippen molar-refractivity contribution in [2.24, 2.45) is 0 Å². The van der Waals surface area contributed by atoms with Crippen LogP contribution in [0.15, 0.2) is 0 Å². The van der Waals surface area contributed by atoms with Crippen LogP contribution in [0.25, 0.3) is 0 Å². The highest BCUT2D eigenvalue weighted by atomic mass is 16.5. The summed E-state index contributed by atoms with van der Waals surface area (Å²) in [6.45, 7) is 5.70. The molecule has 0 aromatic rings. The molecule has 0 aromatic heterocycles. The highest BCUT2D eigenvalue weighted by Crippen LogP contribution is 1.92. The van der Waals surface area contributed by atoms with E-state index in [1.807, 2.05) is 0 Å². The highest BCUT2D eigenvalue weighted by Gasteiger charge is 1.82. The van der Waals surface area contributed by atoms with E-state index in [1.165, 1.54) is 25.7 Å². The largest absolute Gasteiger partial charge is 0.484 e. The van der Waals surface area contributed by atoms with E-state index in [0.29, 0.717) is 13.2 Å². The molecule has 0 saturated carbocycles. The zero-order chi connectivity index (χ0) is 12.5. The smallest absolute Gasteiger partial charge is 0.166 e. The maximum absolute atomic E-state index is 6.49. The third-order valence-electron chi connectivity index (χ3n) is 1.90. The predicted molar refractivity (Wildman–Crippen MR) is 68.5 cm³/mol. The van der Waals surface area contributed by atoms with Gasteiger partial charge in [0.1, 0.15) is 0 Å². The SMILES string of the molecule is CCCCCOC=N.CCCCCOC=N. The second-order valence-corrected chi connectivity index (χ2v) is 3.39. The van der Waals surface area contributed by atoms with Crippen molar-refractivity contribution >= 4 is 12.8 Å². The monoisotopic (exact) mass is 230 g/mol. The van der Waals surface area contributed by atoms with Gasteiger partial charge in [0.25, 0.3) is 0 Å². The van der Waals surface area contributed by atoms with Crippen LogP contribution in [0.3, 0.4) is 0 Å². The van der Waals surface area contributed by atoms with Gasteiger partial charge in [-0.05, 0) is 12.8 Å². The second-order valence-electron chi connectivity index (χ2n) is 3.39. The molecule has 0 fully saturated rings. The van der Waals surface area contributed by atoms with Gasteiger partial charge in [-0.2, -0.15) is 0 Å². The Morgan fingerprint density at radius 3 is 1.38 bits per heavy atom. The third-order valence-corrected chi connectivity index (χ3v) is 1.90. The molecule has 0 rings (SSSR count). The fourth-order valence-corrected chi connectivity index (χ4v) is 0.989. The van der Waals surface area contributed by atoms with Crippen LogP contribution in [0.4, 0.5) is 0 Å². The molecule has 0 aliphatic carbocycles. The van der Waals surface area contributed by atoms with Gasteiger partial charge < -0.3 is 9.47 Å². The summed E-state index contributed by atoms with van der Waals surface area (Å²) in [5.74, 6) is 0. The van der Waals surface area contributed by atoms with Gasteiger partial charge in [0.2, 0.25) is 0 Å². The van der Waals surface area contributed by atoms with E-state index in [-0.39, 0.29) is 0 Å². The predicted octanol–water partition coefficient (Wildman–Crippen LogP) is 3.60. The molecule has 96 valence electrons. The number of rotatable bonds is 10. The first-order valence-electron chi connectivity index (χ1n) is 6.04. The third kappa shape index (κ3) is 23.1. The van der Waals surface area contributed by atoms with Crippen molar-refractivity contribution in [3.63, 3.8) is 0 Å². The summed E-state index contributed by atoms with van der Waals surface area (Å²) >= 11 is 0. The molecule has 0 spiro atoms. The molecule has 0 aliphatic rings. The fourth-order valence-electron chi connectivity index (χ4n) is 0.989. The summed E-state index contributed by atoms with van der Waals surface area (Å²) in [5, 5.41) is 13.0. The average molecular weight is 230 g/mol. The standard InChI is InChI=1S/2C6H13NO/c2*1-2-3-4-5-8-6-7/h2*6-7H,2-5H2,1H3. The first kappa shape index (κ1) is 17.3. The first-order valence-corrected chi connectivity index (χ1v) is 6.04. The second kappa shape index (κ2) is 19.5. The van der Waals surface area contributed by atoms with E-state index < -0.39 is 0 Å². The molecule has 4 nitrogen and oxygen atoms in total. The Hall–Kier alpha value is -1.06. The Morgan fingerprint density at radius 2 is 1.12 bits per heavy atom. The van der Waals surface area contributed by atoms with Crippen LogP contribution in [0, 0.1) is 10.8 Å². The van der Waals surface area contributed by atoms with E-state index >= 15 is 0 Å².